The Balaban J connectivity index is 2.33. The first kappa shape index (κ1) is 5.41. The lowest BCUT2D eigenvalue weighted by Gasteiger charge is -2.09. The van der Waals surface area contributed by atoms with Crippen molar-refractivity contribution >= 4 is 11.8 Å². The second-order valence-corrected chi connectivity index (χ2v) is 2.84. The van der Waals surface area contributed by atoms with Crippen LogP contribution in [0.4, 0.5) is 0 Å². The molecule has 1 atom stereocenters. The van der Waals surface area contributed by atoms with Gasteiger partial charge in [0.05, 0.1) is 0 Å². The van der Waals surface area contributed by atoms with Crippen molar-refractivity contribution in [1.29, 1.82) is 0 Å². The normalized spacial score (nSPS) is 34.3. The zero-order valence-electron chi connectivity index (χ0n) is 4.29. The molecule has 42 valence electrons. The molecular weight excluding hydrogens is 110 g/mol. The Labute approximate surface area is 47.5 Å². The van der Waals surface area contributed by atoms with Gasteiger partial charge < -0.3 is 5.11 Å². The molecule has 0 unspecified atom stereocenters. The summed E-state index contributed by atoms with van der Waals surface area (Å²) in [5.41, 5.74) is -0.236. The van der Waals surface area contributed by atoms with Crippen molar-refractivity contribution in [2.75, 3.05) is 19.3 Å². The molecule has 0 aromatic carbocycles. The van der Waals surface area contributed by atoms with Crippen LogP contribution in [0.1, 0.15) is 0 Å². The van der Waals surface area contributed by atoms with Crippen LogP contribution >= 0.6 is 11.8 Å². The monoisotopic (exact) mass is 119 g/mol. The van der Waals surface area contributed by atoms with Crippen molar-refractivity contribution in [1.82, 2.24) is 4.90 Å². The van der Waals surface area contributed by atoms with Crippen LogP contribution in [0.25, 0.3) is 0 Å². The number of hydrogen-bond acceptors (Lipinski definition) is 3. The molecule has 0 amide bonds. The summed E-state index contributed by atoms with van der Waals surface area (Å²) >= 11 is 1.59. The highest BCUT2D eigenvalue weighted by Crippen LogP contribution is 2.17. The van der Waals surface area contributed by atoms with Gasteiger partial charge in [0.15, 0.2) is 5.56 Å². The Hall–Kier alpha value is 0.270. The number of nitrogens with zero attached hydrogens (tertiary/aromatic N) is 1. The molecule has 3 heteroatoms. The second-order valence-electron chi connectivity index (χ2n) is 1.68. The number of aliphatic hydroxyl groups is 1. The number of thioether (sulfide) groups is 1. The van der Waals surface area contributed by atoms with E-state index < -0.39 is 0 Å². The quantitative estimate of drug-likeness (QED) is 0.483. The summed E-state index contributed by atoms with van der Waals surface area (Å²) < 4.78 is 0. The average molecular weight is 119 g/mol. The predicted octanol–water partition coefficient (Wildman–Crippen LogP) is -0.0591. The zero-order chi connectivity index (χ0) is 5.28. The largest absolute Gasteiger partial charge is 0.369 e. The van der Waals surface area contributed by atoms with Gasteiger partial charge in [-0.05, 0) is 7.05 Å². The summed E-state index contributed by atoms with van der Waals surface area (Å²) in [5.74, 6) is 1.07. The van der Waals surface area contributed by atoms with Crippen LogP contribution in [-0.4, -0.2) is 34.9 Å². The average Bonchev–Trinajstić information content (AvgIpc) is 1.91. The molecule has 1 rings (SSSR count). The third-order valence-corrected chi connectivity index (χ3v) is 2.16. The fourth-order valence-corrected chi connectivity index (χ4v) is 1.50. The highest BCUT2D eigenvalue weighted by Gasteiger charge is 2.16. The van der Waals surface area contributed by atoms with Gasteiger partial charge in [-0.25, -0.2) is 0 Å². The van der Waals surface area contributed by atoms with Crippen LogP contribution < -0.4 is 0 Å². The summed E-state index contributed by atoms with van der Waals surface area (Å²) in [6, 6.07) is 0. The smallest absolute Gasteiger partial charge is 0.155 e. The van der Waals surface area contributed by atoms with Gasteiger partial charge in [-0.15, -0.1) is 11.8 Å². The molecular formula is C4H9NOS. The van der Waals surface area contributed by atoms with Crippen molar-refractivity contribution in [2.45, 2.75) is 5.56 Å². The summed E-state index contributed by atoms with van der Waals surface area (Å²) in [5, 5.41) is 8.89. The van der Waals surface area contributed by atoms with Crippen molar-refractivity contribution in [3.8, 4) is 0 Å². The van der Waals surface area contributed by atoms with E-state index in [9.17, 15) is 0 Å². The molecule has 1 N–H and O–H groups in total. The lowest BCUT2D eigenvalue weighted by Crippen LogP contribution is -2.22. The van der Waals surface area contributed by atoms with Gasteiger partial charge in [0.1, 0.15) is 0 Å². The minimum atomic E-state index is -0.236. The maximum absolute atomic E-state index is 8.89. The number of rotatable bonds is 0. The van der Waals surface area contributed by atoms with Gasteiger partial charge >= 0.3 is 0 Å². The summed E-state index contributed by atoms with van der Waals surface area (Å²) in [6.45, 7) is 1.02. The van der Waals surface area contributed by atoms with E-state index >= 15 is 0 Å². The van der Waals surface area contributed by atoms with E-state index in [1.807, 2.05) is 11.9 Å². The lowest BCUT2D eigenvalue weighted by atomic mass is 10.7. The van der Waals surface area contributed by atoms with E-state index in [1.165, 1.54) is 0 Å². The summed E-state index contributed by atoms with van der Waals surface area (Å²) in [4.78, 5) is 1.92. The summed E-state index contributed by atoms with van der Waals surface area (Å²) in [7, 11) is 1.92. The van der Waals surface area contributed by atoms with Crippen molar-refractivity contribution in [3.63, 3.8) is 0 Å². The van der Waals surface area contributed by atoms with E-state index in [-0.39, 0.29) is 5.56 Å². The fourth-order valence-electron chi connectivity index (χ4n) is 0.540. The molecule has 2 nitrogen and oxygen atoms in total. The molecule has 0 aromatic rings. The molecule has 1 aliphatic rings. The van der Waals surface area contributed by atoms with E-state index in [4.69, 9.17) is 5.11 Å². The van der Waals surface area contributed by atoms with E-state index in [0.29, 0.717) is 0 Å². The van der Waals surface area contributed by atoms with Gasteiger partial charge in [0.2, 0.25) is 0 Å². The molecule has 0 bridgehead atoms. The first-order valence-corrected chi connectivity index (χ1v) is 3.35. The van der Waals surface area contributed by atoms with Crippen molar-refractivity contribution < 1.29 is 5.11 Å². The molecule has 0 aliphatic carbocycles. The van der Waals surface area contributed by atoms with E-state index in [1.54, 1.807) is 11.8 Å². The van der Waals surface area contributed by atoms with Gasteiger partial charge in [-0.2, -0.15) is 0 Å². The van der Waals surface area contributed by atoms with Crippen molar-refractivity contribution in [3.05, 3.63) is 0 Å². The van der Waals surface area contributed by atoms with Crippen LogP contribution in [0, 0.1) is 0 Å². The molecule has 0 radical (unpaired) electrons. The highest BCUT2D eigenvalue weighted by molar-refractivity contribution is 7.99. The Bertz CT molecular complexity index is 60.7. The topological polar surface area (TPSA) is 23.5 Å². The molecule has 0 spiro atoms. The molecule has 0 saturated carbocycles. The van der Waals surface area contributed by atoms with Crippen LogP contribution in [0.5, 0.6) is 0 Å². The van der Waals surface area contributed by atoms with Crippen LogP contribution in [-0.2, 0) is 0 Å². The first-order valence-electron chi connectivity index (χ1n) is 2.30. The van der Waals surface area contributed by atoms with E-state index in [0.717, 1.165) is 12.3 Å². The Morgan fingerprint density at radius 2 is 2.57 bits per heavy atom. The lowest BCUT2D eigenvalue weighted by molar-refractivity contribution is 0.116. The highest BCUT2D eigenvalue weighted by atomic mass is 32.2. The third kappa shape index (κ3) is 1.08. The predicted molar refractivity (Wildman–Crippen MR) is 31.1 cm³/mol. The molecule has 1 fully saturated rings. The Kier molecular flexibility index (Phi) is 1.57. The maximum Gasteiger partial charge on any atom is 0.155 e. The standard InChI is InChI=1S/C4H9NOS/c1-5-2-3-7-4(5)6/h4,6H,2-3H2,1H3/t4-/m1/s1. The van der Waals surface area contributed by atoms with Crippen LogP contribution in [0.3, 0.4) is 0 Å². The Morgan fingerprint density at radius 3 is 2.71 bits per heavy atom. The second kappa shape index (κ2) is 2.03. The van der Waals surface area contributed by atoms with Gasteiger partial charge in [0, 0.05) is 12.3 Å². The Morgan fingerprint density at radius 1 is 1.86 bits per heavy atom. The number of hydrogen-bond donors (Lipinski definition) is 1. The van der Waals surface area contributed by atoms with Crippen molar-refractivity contribution in [2.24, 2.45) is 0 Å². The molecule has 1 heterocycles. The number of aliphatic hydroxyl groups excluding tert-OH is 1. The van der Waals surface area contributed by atoms with Gasteiger partial charge in [-0.3, -0.25) is 4.90 Å². The van der Waals surface area contributed by atoms with E-state index in [2.05, 4.69) is 0 Å². The van der Waals surface area contributed by atoms with Crippen LogP contribution in [0.2, 0.25) is 0 Å². The van der Waals surface area contributed by atoms with Gasteiger partial charge in [-0.1, -0.05) is 0 Å². The first-order chi connectivity index (χ1) is 3.30. The molecule has 1 saturated heterocycles. The van der Waals surface area contributed by atoms with Gasteiger partial charge in [0.25, 0.3) is 0 Å². The van der Waals surface area contributed by atoms with Crippen LogP contribution in [0.15, 0.2) is 0 Å². The minimum Gasteiger partial charge on any atom is -0.369 e. The molecule has 0 aromatic heterocycles. The molecule has 7 heavy (non-hydrogen) atoms. The fraction of sp³-hybridized carbons (Fsp3) is 1.00. The minimum absolute atomic E-state index is 0.236. The maximum atomic E-state index is 8.89. The SMILES string of the molecule is CN1CCS[C@H]1O. The summed E-state index contributed by atoms with van der Waals surface area (Å²) in [6.07, 6.45) is 0. The molecule has 1 aliphatic heterocycles. The third-order valence-electron chi connectivity index (χ3n) is 1.09. The zero-order valence-corrected chi connectivity index (χ0v) is 5.11.